The third-order valence-corrected chi connectivity index (χ3v) is 1.85. The molecule has 4 heteroatoms. The molecule has 0 unspecified atom stereocenters. The van der Waals surface area contributed by atoms with Crippen LogP contribution in [0.1, 0.15) is 17.3 Å². The number of esters is 1. The molecule has 2 N–H and O–H groups in total. The second kappa shape index (κ2) is 5.70. The van der Waals surface area contributed by atoms with Gasteiger partial charge in [0.05, 0.1) is 18.4 Å². The highest BCUT2D eigenvalue weighted by molar-refractivity contribution is 5.89. The van der Waals surface area contributed by atoms with Gasteiger partial charge in [0.15, 0.2) is 0 Å². The van der Waals surface area contributed by atoms with Gasteiger partial charge in [0.1, 0.15) is 0 Å². The van der Waals surface area contributed by atoms with Gasteiger partial charge < -0.3 is 10.5 Å². The van der Waals surface area contributed by atoms with Gasteiger partial charge >= 0.3 is 5.97 Å². The smallest absolute Gasteiger partial charge is 0.337 e. The van der Waals surface area contributed by atoms with Crippen LogP contribution in [0.2, 0.25) is 0 Å². The summed E-state index contributed by atoms with van der Waals surface area (Å²) in [5.41, 5.74) is 7.40. The molecule has 0 radical (unpaired) electrons. The van der Waals surface area contributed by atoms with Gasteiger partial charge in [-0.25, -0.2) is 4.79 Å². The molecule has 84 valence electrons. The van der Waals surface area contributed by atoms with Crippen LogP contribution in [0.3, 0.4) is 0 Å². The zero-order valence-electron chi connectivity index (χ0n) is 9.31. The highest BCUT2D eigenvalue weighted by Crippen LogP contribution is 2.12. The molecule has 0 atom stereocenters. The van der Waals surface area contributed by atoms with Crippen molar-refractivity contribution < 1.29 is 9.53 Å². The number of benzene rings is 1. The fourth-order valence-corrected chi connectivity index (χ4v) is 1.04. The molecule has 0 saturated carbocycles. The first-order valence-electron chi connectivity index (χ1n) is 4.78. The second-order valence-electron chi connectivity index (χ2n) is 3.23. The maximum Gasteiger partial charge on any atom is 0.337 e. The number of hydrogen-bond acceptors (Lipinski definition) is 4. The van der Waals surface area contributed by atoms with Crippen molar-refractivity contribution in [2.24, 2.45) is 10.7 Å². The number of aliphatic imine (C=N–C) groups is 1. The highest BCUT2D eigenvalue weighted by Gasteiger charge is 2.02. The first-order valence-corrected chi connectivity index (χ1v) is 4.78. The van der Waals surface area contributed by atoms with Crippen molar-refractivity contribution >= 4 is 17.9 Å². The molecule has 1 aromatic carbocycles. The van der Waals surface area contributed by atoms with Gasteiger partial charge in [-0.3, -0.25) is 4.99 Å². The van der Waals surface area contributed by atoms with Crippen molar-refractivity contribution in [2.45, 2.75) is 6.92 Å². The highest BCUT2D eigenvalue weighted by atomic mass is 16.5. The van der Waals surface area contributed by atoms with Gasteiger partial charge in [-0.15, -0.1) is 0 Å². The van der Waals surface area contributed by atoms with Gasteiger partial charge in [-0.1, -0.05) is 0 Å². The Morgan fingerprint density at radius 3 is 2.50 bits per heavy atom. The van der Waals surface area contributed by atoms with Gasteiger partial charge in [-0.2, -0.15) is 0 Å². The van der Waals surface area contributed by atoms with Crippen LogP contribution in [0, 0.1) is 0 Å². The van der Waals surface area contributed by atoms with Crippen LogP contribution in [0.5, 0.6) is 0 Å². The van der Waals surface area contributed by atoms with Crippen molar-refractivity contribution in [3.63, 3.8) is 0 Å². The number of methoxy groups -OCH3 is 1. The number of hydrogen-bond donors (Lipinski definition) is 1. The molecule has 0 heterocycles. The topological polar surface area (TPSA) is 64.7 Å². The van der Waals surface area contributed by atoms with E-state index >= 15 is 0 Å². The Morgan fingerprint density at radius 1 is 1.38 bits per heavy atom. The summed E-state index contributed by atoms with van der Waals surface area (Å²) < 4.78 is 4.59. The lowest BCUT2D eigenvalue weighted by Crippen LogP contribution is -1.99. The minimum Gasteiger partial charge on any atom is -0.465 e. The Hall–Kier alpha value is -2.10. The summed E-state index contributed by atoms with van der Waals surface area (Å²) in [6.45, 7) is 1.78. The Balaban J connectivity index is 2.76. The molecular weight excluding hydrogens is 204 g/mol. The average molecular weight is 218 g/mol. The van der Waals surface area contributed by atoms with E-state index in [2.05, 4.69) is 9.73 Å². The summed E-state index contributed by atoms with van der Waals surface area (Å²) in [5.74, 6) is -0.353. The van der Waals surface area contributed by atoms with E-state index in [1.165, 1.54) is 7.11 Å². The van der Waals surface area contributed by atoms with E-state index in [-0.39, 0.29) is 5.97 Å². The molecule has 0 aromatic heterocycles. The zero-order chi connectivity index (χ0) is 12.0. The number of nitrogens with zero attached hydrogens (tertiary/aromatic N) is 1. The van der Waals surface area contributed by atoms with E-state index < -0.39 is 0 Å². The molecule has 0 aliphatic rings. The first kappa shape index (κ1) is 12.0. The number of nitrogens with two attached hydrogens (primary N) is 1. The van der Waals surface area contributed by atoms with E-state index in [1.807, 2.05) is 0 Å². The molecule has 0 aliphatic heterocycles. The lowest BCUT2D eigenvalue weighted by molar-refractivity contribution is 0.0601. The Bertz CT molecular complexity index is 415. The third kappa shape index (κ3) is 3.57. The standard InChI is InChI=1S/C12H14N2O2/c1-9(13)7-8-14-11-5-3-10(4-6-11)12(15)16-2/h3-8H,13H2,1-2H3. The van der Waals surface area contributed by atoms with E-state index in [9.17, 15) is 4.79 Å². The number of rotatable bonds is 3. The van der Waals surface area contributed by atoms with E-state index in [1.54, 1.807) is 43.5 Å². The maximum absolute atomic E-state index is 11.1. The van der Waals surface area contributed by atoms with Crippen molar-refractivity contribution in [3.8, 4) is 0 Å². The van der Waals surface area contributed by atoms with Crippen LogP contribution in [-0.2, 0) is 4.74 Å². The fourth-order valence-electron chi connectivity index (χ4n) is 1.04. The van der Waals surface area contributed by atoms with Crippen LogP contribution in [0.4, 0.5) is 5.69 Å². The molecule has 4 nitrogen and oxygen atoms in total. The largest absolute Gasteiger partial charge is 0.465 e. The first-order chi connectivity index (χ1) is 7.63. The lowest BCUT2D eigenvalue weighted by Gasteiger charge is -1.98. The molecule has 0 saturated heterocycles. The minimum absolute atomic E-state index is 0.353. The minimum atomic E-state index is -0.353. The normalized spacial score (nSPS) is 11.8. The van der Waals surface area contributed by atoms with Crippen LogP contribution in [0.25, 0.3) is 0 Å². The number of ether oxygens (including phenoxy) is 1. The molecule has 1 rings (SSSR count). The molecule has 16 heavy (non-hydrogen) atoms. The number of carbonyl (C=O) groups is 1. The quantitative estimate of drug-likeness (QED) is 0.623. The van der Waals surface area contributed by atoms with E-state index in [4.69, 9.17) is 5.73 Å². The molecule has 0 fully saturated rings. The third-order valence-electron chi connectivity index (χ3n) is 1.85. The SMILES string of the molecule is COC(=O)c1ccc(N=CC=C(C)N)cc1. The van der Waals surface area contributed by atoms with Crippen molar-refractivity contribution in [3.05, 3.63) is 41.6 Å². The Kier molecular flexibility index (Phi) is 4.27. The van der Waals surface area contributed by atoms with Crippen LogP contribution in [0.15, 0.2) is 41.0 Å². The van der Waals surface area contributed by atoms with E-state index in [0.717, 1.165) is 5.69 Å². The fraction of sp³-hybridized carbons (Fsp3) is 0.167. The average Bonchev–Trinajstić information content (AvgIpc) is 2.28. The molecule has 0 aliphatic carbocycles. The number of carbonyl (C=O) groups excluding carboxylic acids is 1. The van der Waals surface area contributed by atoms with Gasteiger partial charge in [0, 0.05) is 11.9 Å². The Labute approximate surface area is 94.4 Å². The van der Waals surface area contributed by atoms with Crippen LogP contribution < -0.4 is 5.73 Å². The maximum atomic E-state index is 11.1. The summed E-state index contributed by atoms with van der Waals surface area (Å²) in [4.78, 5) is 15.3. The van der Waals surface area contributed by atoms with Crippen molar-refractivity contribution in [1.29, 1.82) is 0 Å². The summed E-state index contributed by atoms with van der Waals surface area (Å²) in [7, 11) is 1.35. The molecule has 0 amide bonds. The summed E-state index contributed by atoms with van der Waals surface area (Å²) >= 11 is 0. The summed E-state index contributed by atoms with van der Waals surface area (Å²) in [6.07, 6.45) is 3.32. The molecular formula is C12H14N2O2. The predicted molar refractivity (Wildman–Crippen MR) is 63.9 cm³/mol. The summed E-state index contributed by atoms with van der Waals surface area (Å²) in [6, 6.07) is 6.81. The molecule has 1 aromatic rings. The van der Waals surface area contributed by atoms with Gasteiger partial charge in [0.25, 0.3) is 0 Å². The van der Waals surface area contributed by atoms with Gasteiger partial charge in [-0.05, 0) is 37.3 Å². The van der Waals surface area contributed by atoms with Gasteiger partial charge in [0.2, 0.25) is 0 Å². The Morgan fingerprint density at radius 2 is 2.00 bits per heavy atom. The van der Waals surface area contributed by atoms with Crippen molar-refractivity contribution in [1.82, 2.24) is 0 Å². The second-order valence-corrected chi connectivity index (χ2v) is 3.23. The molecule has 0 spiro atoms. The lowest BCUT2D eigenvalue weighted by atomic mass is 10.2. The zero-order valence-corrected chi connectivity index (χ0v) is 9.31. The monoisotopic (exact) mass is 218 g/mol. The van der Waals surface area contributed by atoms with Crippen molar-refractivity contribution in [2.75, 3.05) is 7.11 Å². The number of allylic oxidation sites excluding steroid dienone is 2. The summed E-state index contributed by atoms with van der Waals surface area (Å²) in [5, 5.41) is 0. The predicted octanol–water partition coefficient (Wildman–Crippen LogP) is 2.04. The van der Waals surface area contributed by atoms with Crippen LogP contribution >= 0.6 is 0 Å². The van der Waals surface area contributed by atoms with E-state index in [0.29, 0.717) is 11.3 Å². The molecule has 0 bridgehead atoms. The van der Waals surface area contributed by atoms with Crippen LogP contribution in [-0.4, -0.2) is 19.3 Å².